The number of aromatic nitrogens is 3. The first kappa shape index (κ1) is 15.8. The first-order valence-electron chi connectivity index (χ1n) is 6.34. The van der Waals surface area contributed by atoms with Crippen molar-refractivity contribution in [3.05, 3.63) is 39.1 Å². The molecule has 0 unspecified atom stereocenters. The van der Waals surface area contributed by atoms with Crippen LogP contribution in [0.3, 0.4) is 0 Å². The molecule has 4 nitrogen and oxygen atoms in total. The Labute approximate surface area is 136 Å². The number of hydrogen-bond acceptors (Lipinski definition) is 4. The molecule has 108 valence electrons. The van der Waals surface area contributed by atoms with E-state index in [0.29, 0.717) is 6.54 Å². The van der Waals surface area contributed by atoms with Gasteiger partial charge in [0.15, 0.2) is 5.16 Å². The van der Waals surface area contributed by atoms with E-state index < -0.39 is 0 Å². The smallest absolute Gasteiger partial charge is 0.191 e. The van der Waals surface area contributed by atoms with Gasteiger partial charge < -0.3 is 10.3 Å². The predicted molar refractivity (Wildman–Crippen MR) is 86.9 cm³/mol. The summed E-state index contributed by atoms with van der Waals surface area (Å²) in [5.41, 5.74) is 6.77. The molecule has 0 aliphatic rings. The van der Waals surface area contributed by atoms with Gasteiger partial charge in [0.25, 0.3) is 0 Å². The summed E-state index contributed by atoms with van der Waals surface area (Å²) in [5, 5.41) is 9.99. The molecule has 0 aliphatic carbocycles. The second-order valence-corrected chi connectivity index (χ2v) is 6.54. The minimum absolute atomic E-state index is 0.409. The van der Waals surface area contributed by atoms with Crippen LogP contribution in [0.5, 0.6) is 0 Å². The highest BCUT2D eigenvalue weighted by atomic mass is 79.9. The summed E-state index contributed by atoms with van der Waals surface area (Å²) in [6.07, 6.45) is 1.03. The molecule has 0 atom stereocenters. The van der Waals surface area contributed by atoms with Crippen LogP contribution in [0, 0.1) is 0 Å². The molecule has 0 fully saturated rings. The molecule has 1 aromatic heterocycles. The molecule has 2 N–H and O–H groups in total. The number of nitrogens with zero attached hydrogens (tertiary/aromatic N) is 3. The molecule has 2 rings (SSSR count). The van der Waals surface area contributed by atoms with E-state index in [1.165, 1.54) is 0 Å². The van der Waals surface area contributed by atoms with Crippen LogP contribution in [-0.2, 0) is 18.8 Å². The van der Waals surface area contributed by atoms with E-state index in [1.54, 1.807) is 11.8 Å². The first-order valence-corrected chi connectivity index (χ1v) is 8.50. The lowest BCUT2D eigenvalue weighted by molar-refractivity contribution is 0.592. The second kappa shape index (κ2) is 7.45. The van der Waals surface area contributed by atoms with Crippen molar-refractivity contribution in [3.8, 4) is 0 Å². The average Bonchev–Trinajstić information content (AvgIpc) is 2.81. The zero-order valence-electron chi connectivity index (χ0n) is 11.1. The molecule has 0 bridgehead atoms. The topological polar surface area (TPSA) is 56.7 Å². The summed E-state index contributed by atoms with van der Waals surface area (Å²) in [5.74, 6) is 1.59. The van der Waals surface area contributed by atoms with Gasteiger partial charge in [0.2, 0.25) is 0 Å². The van der Waals surface area contributed by atoms with Gasteiger partial charge in [0.1, 0.15) is 5.82 Å². The number of halogens is 2. The van der Waals surface area contributed by atoms with Crippen molar-refractivity contribution in [1.29, 1.82) is 0 Å². The maximum Gasteiger partial charge on any atom is 0.191 e. The minimum Gasteiger partial charge on any atom is -0.324 e. The van der Waals surface area contributed by atoms with Gasteiger partial charge in [-0.1, -0.05) is 52.3 Å². The van der Waals surface area contributed by atoms with Crippen LogP contribution in [-0.4, -0.2) is 14.8 Å². The van der Waals surface area contributed by atoms with Crippen LogP contribution in [0.4, 0.5) is 0 Å². The van der Waals surface area contributed by atoms with Crippen LogP contribution in [0.1, 0.15) is 24.7 Å². The van der Waals surface area contributed by atoms with Gasteiger partial charge in [-0.3, -0.25) is 0 Å². The van der Waals surface area contributed by atoms with Crippen molar-refractivity contribution in [2.75, 3.05) is 0 Å². The van der Waals surface area contributed by atoms with Crippen molar-refractivity contribution in [2.45, 2.75) is 37.3 Å². The predicted octanol–water partition coefficient (Wildman–Crippen LogP) is 3.86. The van der Waals surface area contributed by atoms with Crippen molar-refractivity contribution in [2.24, 2.45) is 5.73 Å². The van der Waals surface area contributed by atoms with E-state index in [1.807, 2.05) is 18.2 Å². The molecule has 0 saturated heterocycles. The Morgan fingerprint density at radius 2 is 2.20 bits per heavy atom. The summed E-state index contributed by atoms with van der Waals surface area (Å²) in [4.78, 5) is 0. The Kier molecular flexibility index (Phi) is 5.89. The number of rotatable bonds is 6. The van der Waals surface area contributed by atoms with Crippen molar-refractivity contribution >= 4 is 39.3 Å². The Hall–Kier alpha value is -0.560. The first-order chi connectivity index (χ1) is 9.65. The zero-order chi connectivity index (χ0) is 14.5. The third-order valence-corrected chi connectivity index (χ3v) is 4.66. The zero-order valence-corrected chi connectivity index (χ0v) is 14.3. The molecule has 0 amide bonds. The quantitative estimate of drug-likeness (QED) is 0.779. The van der Waals surface area contributed by atoms with Gasteiger partial charge in [-0.2, -0.15) is 0 Å². The standard InChI is InChI=1S/C13H16BrClN4S/c1-2-5-19-12(7-16)17-18-13(19)20-8-9-3-4-10(14)6-11(9)15/h3-4,6H,2,5,7-8,16H2,1H3. The van der Waals surface area contributed by atoms with Crippen LogP contribution in [0.25, 0.3) is 0 Å². The van der Waals surface area contributed by atoms with Crippen molar-refractivity contribution in [3.63, 3.8) is 0 Å². The van der Waals surface area contributed by atoms with E-state index in [9.17, 15) is 0 Å². The summed E-state index contributed by atoms with van der Waals surface area (Å²) in [6.45, 7) is 3.42. The van der Waals surface area contributed by atoms with Gasteiger partial charge in [-0.05, 0) is 24.1 Å². The molecule has 0 saturated carbocycles. The Morgan fingerprint density at radius 1 is 1.40 bits per heavy atom. The molecular weight excluding hydrogens is 360 g/mol. The Balaban J connectivity index is 2.12. The SMILES string of the molecule is CCCn1c(CN)nnc1SCc1ccc(Br)cc1Cl. The van der Waals surface area contributed by atoms with E-state index in [0.717, 1.165) is 44.8 Å². The van der Waals surface area contributed by atoms with Gasteiger partial charge in [-0.25, -0.2) is 0 Å². The lowest BCUT2D eigenvalue weighted by Gasteiger charge is -2.08. The third kappa shape index (κ3) is 3.75. The van der Waals surface area contributed by atoms with E-state index in [2.05, 4.69) is 37.6 Å². The summed E-state index contributed by atoms with van der Waals surface area (Å²) in [6, 6.07) is 5.91. The lowest BCUT2D eigenvalue weighted by atomic mass is 10.2. The fourth-order valence-electron chi connectivity index (χ4n) is 1.81. The molecule has 7 heteroatoms. The normalized spacial score (nSPS) is 11.0. The van der Waals surface area contributed by atoms with Gasteiger partial charge in [0, 0.05) is 21.8 Å². The summed E-state index contributed by atoms with van der Waals surface area (Å²) in [7, 11) is 0. The number of benzene rings is 1. The molecule has 0 radical (unpaired) electrons. The minimum atomic E-state index is 0.409. The number of hydrogen-bond donors (Lipinski definition) is 1. The van der Waals surface area contributed by atoms with Crippen LogP contribution in [0.2, 0.25) is 5.02 Å². The summed E-state index contributed by atoms with van der Waals surface area (Å²) >= 11 is 11.3. The second-order valence-electron chi connectivity index (χ2n) is 4.28. The molecule has 1 heterocycles. The Bertz CT molecular complexity index is 588. The maximum atomic E-state index is 6.22. The van der Waals surface area contributed by atoms with E-state index in [4.69, 9.17) is 17.3 Å². The average molecular weight is 376 g/mol. The Morgan fingerprint density at radius 3 is 2.85 bits per heavy atom. The summed E-state index contributed by atoms with van der Waals surface area (Å²) < 4.78 is 3.06. The third-order valence-electron chi connectivity index (χ3n) is 2.80. The number of nitrogens with two attached hydrogens (primary N) is 1. The van der Waals surface area contributed by atoms with Crippen LogP contribution in [0.15, 0.2) is 27.8 Å². The van der Waals surface area contributed by atoms with Crippen LogP contribution >= 0.6 is 39.3 Å². The maximum absolute atomic E-state index is 6.22. The molecule has 1 aromatic carbocycles. The van der Waals surface area contributed by atoms with Gasteiger partial charge in [0.05, 0.1) is 6.54 Å². The van der Waals surface area contributed by atoms with Gasteiger partial charge >= 0.3 is 0 Å². The lowest BCUT2D eigenvalue weighted by Crippen LogP contribution is -2.09. The fraction of sp³-hybridized carbons (Fsp3) is 0.385. The molecule has 2 aromatic rings. The van der Waals surface area contributed by atoms with Crippen LogP contribution < -0.4 is 5.73 Å². The highest BCUT2D eigenvalue weighted by Crippen LogP contribution is 2.28. The molecule has 0 spiro atoms. The highest BCUT2D eigenvalue weighted by molar-refractivity contribution is 9.10. The molecule has 0 aliphatic heterocycles. The van der Waals surface area contributed by atoms with E-state index in [-0.39, 0.29) is 0 Å². The van der Waals surface area contributed by atoms with Gasteiger partial charge in [-0.15, -0.1) is 10.2 Å². The molecular formula is C13H16BrClN4S. The van der Waals surface area contributed by atoms with E-state index >= 15 is 0 Å². The van der Waals surface area contributed by atoms with Crippen molar-refractivity contribution < 1.29 is 0 Å². The number of thioether (sulfide) groups is 1. The van der Waals surface area contributed by atoms with Crippen molar-refractivity contribution in [1.82, 2.24) is 14.8 Å². The molecule has 20 heavy (non-hydrogen) atoms. The fourth-order valence-corrected chi connectivity index (χ4v) is 3.61. The highest BCUT2D eigenvalue weighted by Gasteiger charge is 2.11. The monoisotopic (exact) mass is 374 g/mol. The largest absolute Gasteiger partial charge is 0.324 e.